The second kappa shape index (κ2) is 4.62. The van der Waals surface area contributed by atoms with Crippen molar-refractivity contribution in [1.29, 1.82) is 0 Å². The van der Waals surface area contributed by atoms with E-state index in [9.17, 15) is 0 Å². The molecule has 0 aliphatic carbocycles. The maximum atomic E-state index is 9.00. The number of alkyl halides is 1. The molecular weight excluding hydrogens is 235 g/mol. The van der Waals surface area contributed by atoms with E-state index in [1.165, 1.54) is 0 Å². The molecule has 0 amide bonds. The zero-order valence-electron chi connectivity index (χ0n) is 6.87. The number of benzene rings is 1. The van der Waals surface area contributed by atoms with Crippen molar-refractivity contribution in [3.63, 3.8) is 0 Å². The van der Waals surface area contributed by atoms with E-state index in [0.717, 1.165) is 5.56 Å². The number of nitrogens with one attached hydrogen (secondary N) is 1. The first kappa shape index (κ1) is 10.5. The van der Waals surface area contributed by atoms with Gasteiger partial charge in [-0.3, -0.25) is 5.84 Å². The molecule has 0 aliphatic heterocycles. The molecule has 0 radical (unpaired) electrons. The maximum Gasteiger partial charge on any atom is 0.490 e. The van der Waals surface area contributed by atoms with Crippen LogP contribution < -0.4 is 16.7 Å². The largest absolute Gasteiger partial charge is 0.490 e. The molecule has 1 aromatic carbocycles. The van der Waals surface area contributed by atoms with Crippen molar-refractivity contribution in [2.24, 2.45) is 5.84 Å². The molecule has 0 saturated carbocycles. The van der Waals surface area contributed by atoms with Crippen LogP contribution in [0.1, 0.15) is 5.56 Å². The maximum absolute atomic E-state index is 9.00. The van der Waals surface area contributed by atoms with Gasteiger partial charge in [0, 0.05) is 10.8 Å². The molecule has 1 aromatic rings. The smallest absolute Gasteiger partial charge is 0.423 e. The lowest BCUT2D eigenvalue weighted by Crippen LogP contribution is -2.34. The second-order valence-electron chi connectivity index (χ2n) is 2.53. The summed E-state index contributed by atoms with van der Waals surface area (Å²) in [4.78, 5) is 0. The Balaban J connectivity index is 3.19. The topological polar surface area (TPSA) is 78.5 Å². The van der Waals surface area contributed by atoms with Gasteiger partial charge in [0.2, 0.25) is 0 Å². The Kier molecular flexibility index (Phi) is 3.74. The molecule has 6 heteroatoms. The van der Waals surface area contributed by atoms with Gasteiger partial charge >= 0.3 is 7.12 Å². The molecule has 0 bridgehead atoms. The first-order valence-corrected chi connectivity index (χ1v) is 4.83. The lowest BCUT2D eigenvalue weighted by atomic mass is 9.78. The van der Waals surface area contributed by atoms with Gasteiger partial charge in [0.05, 0.1) is 5.69 Å². The highest BCUT2D eigenvalue weighted by molar-refractivity contribution is 9.08. The van der Waals surface area contributed by atoms with Crippen LogP contribution in [-0.2, 0) is 5.33 Å². The van der Waals surface area contributed by atoms with Crippen molar-refractivity contribution < 1.29 is 10.0 Å². The summed E-state index contributed by atoms with van der Waals surface area (Å²) >= 11 is 3.27. The fraction of sp³-hybridized carbons (Fsp3) is 0.143. The fourth-order valence-electron chi connectivity index (χ4n) is 1.12. The van der Waals surface area contributed by atoms with E-state index in [1.807, 2.05) is 6.07 Å². The average Bonchev–Trinajstić information content (AvgIpc) is 2.16. The standard InChI is InChI=1S/C7H10BBrN2O2/c9-4-5-2-1-3-6(8(12)13)7(5)11-10/h1-3,11-13H,4,10H2. The van der Waals surface area contributed by atoms with Gasteiger partial charge in [-0.1, -0.05) is 34.1 Å². The van der Waals surface area contributed by atoms with E-state index in [1.54, 1.807) is 12.1 Å². The molecule has 0 heterocycles. The van der Waals surface area contributed by atoms with Crippen molar-refractivity contribution in [3.8, 4) is 0 Å². The molecule has 70 valence electrons. The summed E-state index contributed by atoms with van der Waals surface area (Å²) in [5.41, 5.74) is 4.25. The van der Waals surface area contributed by atoms with E-state index in [2.05, 4.69) is 21.4 Å². The molecule has 5 N–H and O–H groups in total. The van der Waals surface area contributed by atoms with Gasteiger partial charge in [-0.25, -0.2) is 0 Å². The Morgan fingerprint density at radius 2 is 2.15 bits per heavy atom. The van der Waals surface area contributed by atoms with Crippen LogP contribution in [0.2, 0.25) is 0 Å². The second-order valence-corrected chi connectivity index (χ2v) is 3.09. The molecule has 0 saturated heterocycles. The predicted octanol–water partition coefficient (Wildman–Crippen LogP) is -0.453. The highest BCUT2D eigenvalue weighted by Gasteiger charge is 2.17. The van der Waals surface area contributed by atoms with Crippen LogP contribution in [0.3, 0.4) is 0 Å². The lowest BCUT2D eigenvalue weighted by molar-refractivity contribution is 0.426. The number of anilines is 1. The number of rotatable bonds is 3. The van der Waals surface area contributed by atoms with Crippen LogP contribution >= 0.6 is 15.9 Å². The summed E-state index contributed by atoms with van der Waals surface area (Å²) in [6.45, 7) is 0. The zero-order chi connectivity index (χ0) is 9.84. The summed E-state index contributed by atoms with van der Waals surface area (Å²) < 4.78 is 0. The Labute approximate surface area is 85.0 Å². The monoisotopic (exact) mass is 244 g/mol. The van der Waals surface area contributed by atoms with E-state index < -0.39 is 7.12 Å². The third kappa shape index (κ3) is 2.22. The van der Waals surface area contributed by atoms with Crippen LogP contribution in [0.15, 0.2) is 18.2 Å². The van der Waals surface area contributed by atoms with Gasteiger partial charge in [-0.05, 0) is 5.56 Å². The number of para-hydroxylation sites is 1. The van der Waals surface area contributed by atoms with E-state index in [-0.39, 0.29) is 0 Å². The quantitative estimate of drug-likeness (QED) is 0.251. The molecule has 0 unspecified atom stereocenters. The lowest BCUT2D eigenvalue weighted by Gasteiger charge is -2.11. The summed E-state index contributed by atoms with van der Waals surface area (Å²) in [7, 11) is -1.51. The molecule has 0 atom stereocenters. The zero-order valence-corrected chi connectivity index (χ0v) is 8.45. The van der Waals surface area contributed by atoms with Gasteiger partial charge in [0.15, 0.2) is 0 Å². The third-order valence-electron chi connectivity index (χ3n) is 1.75. The van der Waals surface area contributed by atoms with Crippen molar-refractivity contribution in [3.05, 3.63) is 23.8 Å². The van der Waals surface area contributed by atoms with Gasteiger partial charge in [0.25, 0.3) is 0 Å². The molecular formula is C7H10BBrN2O2. The van der Waals surface area contributed by atoms with Crippen molar-refractivity contribution in [2.75, 3.05) is 5.43 Å². The molecule has 0 aromatic heterocycles. The minimum atomic E-state index is -1.51. The minimum absolute atomic E-state index is 0.374. The van der Waals surface area contributed by atoms with Gasteiger partial charge < -0.3 is 15.5 Å². The summed E-state index contributed by atoms with van der Waals surface area (Å²) in [6.07, 6.45) is 0. The van der Waals surface area contributed by atoms with E-state index in [0.29, 0.717) is 16.5 Å². The van der Waals surface area contributed by atoms with Gasteiger partial charge in [-0.15, -0.1) is 0 Å². The van der Waals surface area contributed by atoms with E-state index >= 15 is 0 Å². The van der Waals surface area contributed by atoms with Crippen molar-refractivity contribution >= 4 is 34.2 Å². The Morgan fingerprint density at radius 1 is 1.46 bits per heavy atom. The van der Waals surface area contributed by atoms with Crippen LogP contribution in [0.4, 0.5) is 5.69 Å². The predicted molar refractivity (Wildman–Crippen MR) is 56.7 cm³/mol. The number of hydrogen-bond acceptors (Lipinski definition) is 4. The molecule has 0 aliphatic rings. The fourth-order valence-corrected chi connectivity index (χ4v) is 1.59. The molecule has 0 spiro atoms. The van der Waals surface area contributed by atoms with Gasteiger partial charge in [0.1, 0.15) is 0 Å². The number of nitrogen functional groups attached to an aromatic ring is 1. The minimum Gasteiger partial charge on any atom is -0.423 e. The number of hydrogen-bond donors (Lipinski definition) is 4. The SMILES string of the molecule is NNc1c(CBr)cccc1B(O)O. The number of nitrogens with two attached hydrogens (primary N) is 1. The molecule has 13 heavy (non-hydrogen) atoms. The molecule has 1 rings (SSSR count). The van der Waals surface area contributed by atoms with Crippen LogP contribution in [0.5, 0.6) is 0 Å². The Hall–Kier alpha value is -0.555. The highest BCUT2D eigenvalue weighted by Crippen LogP contribution is 2.14. The average molecular weight is 245 g/mol. The summed E-state index contributed by atoms with van der Waals surface area (Å²) in [6, 6.07) is 5.19. The van der Waals surface area contributed by atoms with Crippen molar-refractivity contribution in [1.82, 2.24) is 0 Å². The van der Waals surface area contributed by atoms with Gasteiger partial charge in [-0.2, -0.15) is 0 Å². The Morgan fingerprint density at radius 3 is 2.62 bits per heavy atom. The number of halogens is 1. The van der Waals surface area contributed by atoms with Crippen LogP contribution in [-0.4, -0.2) is 17.2 Å². The first-order chi connectivity index (χ1) is 6.20. The van der Waals surface area contributed by atoms with Crippen LogP contribution in [0.25, 0.3) is 0 Å². The Bertz CT molecular complexity index is 296. The first-order valence-electron chi connectivity index (χ1n) is 3.71. The summed E-state index contributed by atoms with van der Waals surface area (Å²) in [5.74, 6) is 5.27. The van der Waals surface area contributed by atoms with Crippen LogP contribution in [0, 0.1) is 0 Å². The number of hydrazine groups is 1. The summed E-state index contributed by atoms with van der Waals surface area (Å²) in [5, 5.41) is 18.6. The van der Waals surface area contributed by atoms with Crippen molar-refractivity contribution in [2.45, 2.75) is 5.33 Å². The highest BCUT2D eigenvalue weighted by atomic mass is 79.9. The third-order valence-corrected chi connectivity index (χ3v) is 2.35. The molecule has 4 nitrogen and oxygen atoms in total. The molecule has 0 fully saturated rings. The van der Waals surface area contributed by atoms with E-state index in [4.69, 9.17) is 15.9 Å². The normalized spacial score (nSPS) is 9.85.